The third-order valence-electron chi connectivity index (χ3n) is 7.05. The Morgan fingerprint density at radius 3 is 2.61 bits per heavy atom. The lowest BCUT2D eigenvalue weighted by Gasteiger charge is -2.45. The van der Waals surface area contributed by atoms with Crippen molar-refractivity contribution in [3.8, 4) is 0 Å². The monoisotopic (exact) mass is 436 g/mol. The average Bonchev–Trinajstić information content (AvgIpc) is 3.11. The number of ether oxygens (including phenoxy) is 4. The van der Waals surface area contributed by atoms with Gasteiger partial charge >= 0.3 is 0 Å². The maximum atomic E-state index is 11.1. The van der Waals surface area contributed by atoms with Crippen LogP contribution in [0.2, 0.25) is 0 Å². The number of carbonyl (C=O) groups is 1. The van der Waals surface area contributed by atoms with E-state index in [0.29, 0.717) is 25.6 Å². The van der Waals surface area contributed by atoms with Crippen LogP contribution < -0.4 is 0 Å². The molecule has 1 saturated carbocycles. The van der Waals surface area contributed by atoms with E-state index in [1.165, 1.54) is 25.7 Å². The Labute approximate surface area is 189 Å². The Hall–Kier alpha value is -0.750. The Balaban J connectivity index is 1.66. The van der Waals surface area contributed by atoms with Crippen LogP contribution in [-0.2, 0) is 23.7 Å². The zero-order chi connectivity index (χ0) is 22.2. The molecule has 0 aromatic rings. The molecule has 0 amide bonds. The Bertz CT molecular complexity index is 556. The largest absolute Gasteiger partial charge is 0.353 e. The molecule has 5 nitrogen and oxygen atoms in total. The third kappa shape index (κ3) is 7.12. The quantitative estimate of drug-likeness (QED) is 0.232. The van der Waals surface area contributed by atoms with Gasteiger partial charge in [-0.1, -0.05) is 52.2 Å². The molecule has 3 aliphatic rings. The number of aldehydes is 1. The van der Waals surface area contributed by atoms with E-state index in [0.717, 1.165) is 51.4 Å². The van der Waals surface area contributed by atoms with Crippen molar-refractivity contribution in [1.29, 1.82) is 0 Å². The molecule has 0 bridgehead atoms. The molecule has 1 aliphatic carbocycles. The minimum Gasteiger partial charge on any atom is -0.353 e. The summed E-state index contributed by atoms with van der Waals surface area (Å²) in [5, 5.41) is 0. The number of rotatable bonds is 11. The van der Waals surface area contributed by atoms with E-state index >= 15 is 0 Å². The van der Waals surface area contributed by atoms with E-state index in [1.807, 2.05) is 0 Å². The van der Waals surface area contributed by atoms with E-state index in [2.05, 4.69) is 32.9 Å². The van der Waals surface area contributed by atoms with E-state index in [-0.39, 0.29) is 23.7 Å². The van der Waals surface area contributed by atoms with Crippen LogP contribution in [0, 0.1) is 17.3 Å². The van der Waals surface area contributed by atoms with E-state index < -0.39 is 5.79 Å². The van der Waals surface area contributed by atoms with Crippen molar-refractivity contribution in [1.82, 2.24) is 0 Å². The highest BCUT2D eigenvalue weighted by Crippen LogP contribution is 2.49. The summed E-state index contributed by atoms with van der Waals surface area (Å²) in [4.78, 5) is 11.1. The van der Waals surface area contributed by atoms with Gasteiger partial charge in [-0.15, -0.1) is 0 Å². The zero-order valence-electron chi connectivity index (χ0n) is 20.0. The predicted octanol–water partition coefficient (Wildman–Crippen LogP) is 5.81. The van der Waals surface area contributed by atoms with Gasteiger partial charge in [0, 0.05) is 30.8 Å². The number of hydrogen-bond acceptors (Lipinski definition) is 5. The molecule has 0 radical (unpaired) electrons. The van der Waals surface area contributed by atoms with E-state index in [4.69, 9.17) is 18.9 Å². The molecule has 0 N–H and O–H groups in total. The fourth-order valence-electron chi connectivity index (χ4n) is 5.15. The van der Waals surface area contributed by atoms with Gasteiger partial charge in [-0.05, 0) is 44.4 Å². The second-order valence-corrected chi connectivity index (χ2v) is 10.5. The van der Waals surface area contributed by atoms with Crippen LogP contribution in [0.25, 0.3) is 0 Å². The van der Waals surface area contributed by atoms with E-state index in [9.17, 15) is 4.79 Å². The molecular weight excluding hydrogens is 392 g/mol. The first-order chi connectivity index (χ1) is 15.0. The van der Waals surface area contributed by atoms with Crippen molar-refractivity contribution in [3.63, 3.8) is 0 Å². The van der Waals surface area contributed by atoms with Crippen molar-refractivity contribution in [2.45, 2.75) is 110 Å². The van der Waals surface area contributed by atoms with Crippen LogP contribution in [0.5, 0.6) is 0 Å². The summed E-state index contributed by atoms with van der Waals surface area (Å²) in [6.45, 7) is 8.82. The van der Waals surface area contributed by atoms with Gasteiger partial charge in [0.15, 0.2) is 12.1 Å². The van der Waals surface area contributed by atoms with Gasteiger partial charge in [-0.3, -0.25) is 0 Å². The second-order valence-electron chi connectivity index (χ2n) is 10.5. The average molecular weight is 437 g/mol. The third-order valence-corrected chi connectivity index (χ3v) is 7.05. The van der Waals surface area contributed by atoms with Crippen LogP contribution >= 0.6 is 0 Å². The summed E-state index contributed by atoms with van der Waals surface area (Å²) >= 11 is 0. The highest BCUT2D eigenvalue weighted by Gasteiger charge is 2.52. The van der Waals surface area contributed by atoms with Crippen molar-refractivity contribution in [2.24, 2.45) is 17.3 Å². The van der Waals surface area contributed by atoms with Gasteiger partial charge in [0.2, 0.25) is 0 Å². The molecule has 0 aromatic heterocycles. The predicted molar refractivity (Wildman–Crippen MR) is 122 cm³/mol. The Morgan fingerprint density at radius 2 is 1.94 bits per heavy atom. The molecule has 3 rings (SSSR count). The zero-order valence-corrected chi connectivity index (χ0v) is 20.0. The number of allylic oxidation sites excluding steroid dienone is 1. The fourth-order valence-corrected chi connectivity index (χ4v) is 5.15. The van der Waals surface area contributed by atoms with Crippen LogP contribution in [0.4, 0.5) is 0 Å². The molecule has 2 aliphatic heterocycles. The number of unbranched alkanes of at least 4 members (excludes halogenated alkanes) is 2. The molecule has 3 fully saturated rings. The highest BCUT2D eigenvalue weighted by atomic mass is 16.7. The summed E-state index contributed by atoms with van der Waals surface area (Å²) in [6.07, 6.45) is 16.9. The Morgan fingerprint density at radius 1 is 1.13 bits per heavy atom. The molecule has 4 unspecified atom stereocenters. The molecular formula is C26H44O5. The molecule has 178 valence electrons. The van der Waals surface area contributed by atoms with Crippen LogP contribution in [0.15, 0.2) is 12.2 Å². The fraction of sp³-hybridized carbons (Fsp3) is 0.885. The minimum atomic E-state index is -0.529. The standard InChI is InChI=1S/C26H44O5/c1-4-5-6-10-22(31-24-12-7-8-18-28-24)14-13-21-15-16-26(23(21)11-9-17-27)29-19-25(2,3)20-30-26/h13-14,17,21-24H,4-12,15-16,18-20H2,1-3H3/b14-13+. The SMILES string of the molecule is CCCCCC(/C=C/C1CCC2(OCC(C)(C)CO2)C1CCC=O)OC1CCCCO1. The van der Waals surface area contributed by atoms with Gasteiger partial charge in [-0.2, -0.15) is 0 Å². The molecule has 2 saturated heterocycles. The summed E-state index contributed by atoms with van der Waals surface area (Å²) < 4.78 is 24.9. The highest BCUT2D eigenvalue weighted by molar-refractivity contribution is 5.49. The smallest absolute Gasteiger partial charge is 0.171 e. The van der Waals surface area contributed by atoms with Crippen molar-refractivity contribution >= 4 is 6.29 Å². The van der Waals surface area contributed by atoms with Gasteiger partial charge in [0.25, 0.3) is 0 Å². The molecule has 1 spiro atoms. The lowest BCUT2D eigenvalue weighted by Crippen LogP contribution is -2.50. The summed E-state index contributed by atoms with van der Waals surface area (Å²) in [5.74, 6) is 0.0384. The van der Waals surface area contributed by atoms with Crippen LogP contribution in [0.1, 0.15) is 91.4 Å². The second kappa shape index (κ2) is 11.9. The normalized spacial score (nSPS) is 31.3. The minimum absolute atomic E-state index is 0.0482. The van der Waals surface area contributed by atoms with Crippen LogP contribution in [0.3, 0.4) is 0 Å². The molecule has 4 atom stereocenters. The maximum absolute atomic E-state index is 11.1. The van der Waals surface area contributed by atoms with Crippen molar-refractivity contribution in [2.75, 3.05) is 19.8 Å². The summed E-state index contributed by atoms with van der Waals surface area (Å²) in [6, 6.07) is 0. The van der Waals surface area contributed by atoms with Gasteiger partial charge in [-0.25, -0.2) is 0 Å². The lowest BCUT2D eigenvalue weighted by atomic mass is 9.86. The summed E-state index contributed by atoms with van der Waals surface area (Å²) in [5.41, 5.74) is 0.0482. The first-order valence-corrected chi connectivity index (χ1v) is 12.6. The summed E-state index contributed by atoms with van der Waals surface area (Å²) in [7, 11) is 0. The first kappa shape index (κ1) is 24.9. The molecule has 2 heterocycles. The number of hydrogen-bond donors (Lipinski definition) is 0. The Kier molecular flexibility index (Phi) is 9.57. The van der Waals surface area contributed by atoms with Crippen molar-refractivity contribution < 1.29 is 23.7 Å². The topological polar surface area (TPSA) is 54.0 Å². The van der Waals surface area contributed by atoms with Gasteiger partial charge < -0.3 is 23.7 Å². The van der Waals surface area contributed by atoms with E-state index in [1.54, 1.807) is 0 Å². The maximum Gasteiger partial charge on any atom is 0.171 e. The van der Waals surface area contributed by atoms with Gasteiger partial charge in [0.1, 0.15) is 6.29 Å². The van der Waals surface area contributed by atoms with Crippen LogP contribution in [-0.4, -0.2) is 44.3 Å². The molecule has 31 heavy (non-hydrogen) atoms. The number of carbonyl (C=O) groups excluding carboxylic acids is 1. The van der Waals surface area contributed by atoms with Crippen molar-refractivity contribution in [3.05, 3.63) is 12.2 Å². The van der Waals surface area contributed by atoms with Gasteiger partial charge in [0.05, 0.1) is 19.3 Å². The lowest BCUT2D eigenvalue weighted by molar-refractivity contribution is -0.316. The first-order valence-electron chi connectivity index (χ1n) is 12.6. The molecule has 0 aromatic carbocycles. The molecule has 5 heteroatoms.